The Kier molecular flexibility index (Phi) is 6.22. The van der Waals surface area contributed by atoms with Gasteiger partial charge in [-0.25, -0.2) is 4.68 Å². The van der Waals surface area contributed by atoms with E-state index in [1.807, 2.05) is 67.9 Å². The third kappa shape index (κ3) is 4.26. The van der Waals surface area contributed by atoms with Gasteiger partial charge in [-0.05, 0) is 50.1 Å². The van der Waals surface area contributed by atoms with Gasteiger partial charge in [0.25, 0.3) is 5.91 Å². The summed E-state index contributed by atoms with van der Waals surface area (Å²) in [6.07, 6.45) is 2.33. The molecule has 3 aromatic rings. The van der Waals surface area contributed by atoms with Crippen molar-refractivity contribution in [2.24, 2.45) is 0 Å². The van der Waals surface area contributed by atoms with Crippen LogP contribution in [0, 0.1) is 6.92 Å². The van der Waals surface area contributed by atoms with Crippen LogP contribution in [0.4, 0.5) is 0 Å². The molecule has 1 atom stereocenters. The number of nitrogens with one attached hydrogen (secondary N) is 1. The number of hydrogen-bond donors (Lipinski definition) is 1. The molecule has 2 aromatic carbocycles. The number of nitrogens with zero attached hydrogens (tertiary/aromatic N) is 2. The van der Waals surface area contributed by atoms with Gasteiger partial charge in [-0.1, -0.05) is 30.7 Å². The van der Waals surface area contributed by atoms with Gasteiger partial charge in [-0.2, -0.15) is 5.10 Å². The second-order valence-electron chi connectivity index (χ2n) is 6.92. The Morgan fingerprint density at radius 1 is 1.10 bits per heavy atom. The Morgan fingerprint density at radius 2 is 1.79 bits per heavy atom. The van der Waals surface area contributed by atoms with Crippen LogP contribution in [-0.2, 0) is 6.42 Å². The molecule has 1 heterocycles. The maximum Gasteiger partial charge on any atom is 0.255 e. The number of ether oxygens (including phenoxy) is 2. The van der Waals surface area contributed by atoms with Crippen LogP contribution in [0.3, 0.4) is 0 Å². The first-order chi connectivity index (χ1) is 14.0. The van der Waals surface area contributed by atoms with Crippen LogP contribution in [0.1, 0.15) is 47.1 Å². The van der Waals surface area contributed by atoms with E-state index >= 15 is 0 Å². The maximum atomic E-state index is 13.0. The van der Waals surface area contributed by atoms with Crippen LogP contribution < -0.4 is 14.8 Å². The quantitative estimate of drug-likeness (QED) is 0.652. The molecule has 1 N–H and O–H groups in total. The summed E-state index contributed by atoms with van der Waals surface area (Å²) in [6.45, 7) is 6.01. The van der Waals surface area contributed by atoms with Crippen molar-refractivity contribution in [2.75, 3.05) is 14.2 Å². The number of benzene rings is 2. The first-order valence-electron chi connectivity index (χ1n) is 9.65. The molecule has 0 bridgehead atoms. The number of aromatic nitrogens is 2. The Bertz CT molecular complexity index is 993. The summed E-state index contributed by atoms with van der Waals surface area (Å²) in [4.78, 5) is 13.0. The summed E-state index contributed by atoms with van der Waals surface area (Å²) in [5.41, 5.74) is 4.52. The molecular weight excluding hydrogens is 366 g/mol. The van der Waals surface area contributed by atoms with Gasteiger partial charge < -0.3 is 14.8 Å². The predicted molar refractivity (Wildman–Crippen MR) is 113 cm³/mol. The summed E-state index contributed by atoms with van der Waals surface area (Å²) in [7, 11) is 3.19. The Morgan fingerprint density at radius 3 is 2.41 bits per heavy atom. The maximum absolute atomic E-state index is 13.0. The van der Waals surface area contributed by atoms with Crippen molar-refractivity contribution in [3.8, 4) is 17.2 Å². The number of hydrogen-bond acceptors (Lipinski definition) is 4. The highest BCUT2D eigenvalue weighted by Gasteiger charge is 2.20. The van der Waals surface area contributed by atoms with Crippen molar-refractivity contribution < 1.29 is 14.3 Å². The minimum Gasteiger partial charge on any atom is -0.493 e. The van der Waals surface area contributed by atoms with Crippen molar-refractivity contribution >= 4 is 5.91 Å². The number of methoxy groups -OCH3 is 2. The smallest absolute Gasteiger partial charge is 0.255 e. The lowest BCUT2D eigenvalue weighted by atomic mass is 10.1. The van der Waals surface area contributed by atoms with E-state index in [-0.39, 0.29) is 11.9 Å². The Balaban J connectivity index is 1.83. The van der Waals surface area contributed by atoms with Crippen molar-refractivity contribution in [3.63, 3.8) is 0 Å². The summed E-state index contributed by atoms with van der Waals surface area (Å²) in [5.74, 6) is 1.14. The second-order valence-corrected chi connectivity index (χ2v) is 6.92. The molecule has 6 nitrogen and oxygen atoms in total. The molecule has 0 aliphatic carbocycles. The first-order valence-corrected chi connectivity index (χ1v) is 9.65. The molecule has 3 rings (SSSR count). The molecule has 29 heavy (non-hydrogen) atoms. The Hall–Kier alpha value is -3.28. The number of aryl methyl sites for hydroxylation is 1. The standard InChI is InChI=1S/C23H27N3O3/c1-6-20-19(14-24-26(20)18-10-7-15(2)8-11-18)23(27)25-16(3)17-9-12-21(28-4)22(13-17)29-5/h7-14,16H,6H2,1-5H3,(H,25,27). The first kappa shape index (κ1) is 20.5. The van der Waals surface area contributed by atoms with Crippen LogP contribution in [0.5, 0.6) is 11.5 Å². The van der Waals surface area contributed by atoms with Crippen LogP contribution in [-0.4, -0.2) is 29.9 Å². The van der Waals surface area contributed by atoms with Crippen LogP contribution in [0.15, 0.2) is 48.7 Å². The van der Waals surface area contributed by atoms with Crippen LogP contribution in [0.25, 0.3) is 5.69 Å². The van der Waals surface area contributed by atoms with Crippen molar-refractivity contribution in [2.45, 2.75) is 33.2 Å². The van der Waals surface area contributed by atoms with Gasteiger partial charge in [-0.15, -0.1) is 0 Å². The lowest BCUT2D eigenvalue weighted by Gasteiger charge is -2.17. The zero-order valence-electron chi connectivity index (χ0n) is 17.5. The number of carbonyl (C=O) groups is 1. The highest BCUT2D eigenvalue weighted by atomic mass is 16.5. The summed E-state index contributed by atoms with van der Waals surface area (Å²) >= 11 is 0. The lowest BCUT2D eigenvalue weighted by Crippen LogP contribution is -2.27. The van der Waals surface area contributed by atoms with E-state index in [9.17, 15) is 4.79 Å². The SMILES string of the molecule is CCc1c(C(=O)NC(C)c2ccc(OC)c(OC)c2)cnn1-c1ccc(C)cc1. The fraction of sp³-hybridized carbons (Fsp3) is 0.304. The van der Waals surface area contributed by atoms with Crippen LogP contribution >= 0.6 is 0 Å². The van der Waals surface area contributed by atoms with E-state index in [2.05, 4.69) is 10.4 Å². The average Bonchev–Trinajstić information content (AvgIpc) is 3.17. The van der Waals surface area contributed by atoms with Crippen LogP contribution in [0.2, 0.25) is 0 Å². The third-order valence-electron chi connectivity index (χ3n) is 4.98. The average molecular weight is 393 g/mol. The zero-order chi connectivity index (χ0) is 21.0. The topological polar surface area (TPSA) is 65.4 Å². The van der Waals surface area contributed by atoms with E-state index in [0.717, 1.165) is 16.9 Å². The largest absolute Gasteiger partial charge is 0.493 e. The molecule has 1 aromatic heterocycles. The Labute approximate surface area is 171 Å². The molecular formula is C23H27N3O3. The lowest BCUT2D eigenvalue weighted by molar-refractivity contribution is 0.0939. The molecule has 1 amide bonds. The summed E-state index contributed by atoms with van der Waals surface area (Å²) < 4.78 is 12.5. The summed E-state index contributed by atoms with van der Waals surface area (Å²) in [6, 6.07) is 13.5. The minimum absolute atomic E-state index is 0.150. The molecule has 0 saturated heterocycles. The van der Waals surface area contributed by atoms with Gasteiger partial charge in [0.05, 0.1) is 43.4 Å². The van der Waals surface area contributed by atoms with Gasteiger partial charge in [0.15, 0.2) is 11.5 Å². The monoisotopic (exact) mass is 393 g/mol. The van der Waals surface area contributed by atoms with Crippen molar-refractivity contribution in [1.29, 1.82) is 0 Å². The van der Waals surface area contributed by atoms with E-state index in [0.29, 0.717) is 23.5 Å². The molecule has 6 heteroatoms. The van der Waals surface area contributed by atoms with Crippen molar-refractivity contribution in [1.82, 2.24) is 15.1 Å². The molecule has 0 radical (unpaired) electrons. The van der Waals surface area contributed by atoms with Gasteiger partial charge in [0.2, 0.25) is 0 Å². The fourth-order valence-electron chi connectivity index (χ4n) is 3.29. The third-order valence-corrected chi connectivity index (χ3v) is 4.98. The molecule has 0 saturated carbocycles. The molecule has 0 aliphatic heterocycles. The molecule has 0 spiro atoms. The van der Waals surface area contributed by atoms with E-state index in [1.54, 1.807) is 20.4 Å². The number of carbonyl (C=O) groups excluding carboxylic acids is 1. The minimum atomic E-state index is -0.199. The molecule has 0 fully saturated rings. The van der Waals surface area contributed by atoms with E-state index in [1.165, 1.54) is 5.56 Å². The summed E-state index contributed by atoms with van der Waals surface area (Å²) in [5, 5.41) is 7.52. The fourth-order valence-corrected chi connectivity index (χ4v) is 3.29. The number of rotatable bonds is 7. The van der Waals surface area contributed by atoms with Gasteiger partial charge >= 0.3 is 0 Å². The van der Waals surface area contributed by atoms with Gasteiger partial charge in [0, 0.05) is 0 Å². The highest BCUT2D eigenvalue weighted by molar-refractivity contribution is 5.95. The van der Waals surface area contributed by atoms with Gasteiger partial charge in [0.1, 0.15) is 0 Å². The molecule has 1 unspecified atom stereocenters. The van der Waals surface area contributed by atoms with Gasteiger partial charge in [-0.3, -0.25) is 4.79 Å². The predicted octanol–water partition coefficient (Wildman–Crippen LogP) is 4.25. The number of amides is 1. The second kappa shape index (κ2) is 8.82. The van der Waals surface area contributed by atoms with E-state index in [4.69, 9.17) is 9.47 Å². The zero-order valence-corrected chi connectivity index (χ0v) is 17.5. The van der Waals surface area contributed by atoms with Crippen molar-refractivity contribution in [3.05, 3.63) is 71.0 Å². The van der Waals surface area contributed by atoms with E-state index < -0.39 is 0 Å². The molecule has 152 valence electrons. The molecule has 0 aliphatic rings. The normalized spacial score (nSPS) is 11.8. The highest BCUT2D eigenvalue weighted by Crippen LogP contribution is 2.30.